The summed E-state index contributed by atoms with van der Waals surface area (Å²) in [6.07, 6.45) is 1.79. The fraction of sp³-hybridized carbons (Fsp3) is 0.250. The standard InChI is InChI=1S/C12H14N6S/c1-13-12-16-10(9-4-6-19-11(9)17-12)14-7-8-3-5-15-18(8)2/h3-6H,7H2,1-2H3,(H2,13,14,16,17). The topological polar surface area (TPSA) is 67.7 Å². The molecule has 3 aromatic rings. The maximum atomic E-state index is 4.46. The molecular weight excluding hydrogens is 260 g/mol. The quantitative estimate of drug-likeness (QED) is 0.762. The lowest BCUT2D eigenvalue weighted by atomic mass is 10.3. The largest absolute Gasteiger partial charge is 0.364 e. The van der Waals surface area contributed by atoms with Crippen molar-refractivity contribution in [3.8, 4) is 0 Å². The van der Waals surface area contributed by atoms with Crippen LogP contribution in [0.25, 0.3) is 10.2 Å². The highest BCUT2D eigenvalue weighted by molar-refractivity contribution is 7.16. The van der Waals surface area contributed by atoms with Crippen molar-refractivity contribution >= 4 is 33.3 Å². The fourth-order valence-corrected chi connectivity index (χ4v) is 2.61. The summed E-state index contributed by atoms with van der Waals surface area (Å²) in [7, 11) is 3.75. The third-order valence-corrected chi connectivity index (χ3v) is 3.71. The van der Waals surface area contributed by atoms with Gasteiger partial charge in [-0.05, 0) is 17.5 Å². The Hall–Kier alpha value is -2.15. The van der Waals surface area contributed by atoms with Crippen LogP contribution in [0, 0.1) is 0 Å². The summed E-state index contributed by atoms with van der Waals surface area (Å²) in [5.74, 6) is 1.47. The first kappa shape index (κ1) is 11.9. The van der Waals surface area contributed by atoms with Crippen molar-refractivity contribution in [3.05, 3.63) is 29.4 Å². The molecule has 0 atom stereocenters. The highest BCUT2D eigenvalue weighted by Crippen LogP contribution is 2.26. The zero-order chi connectivity index (χ0) is 13.2. The molecule has 0 unspecified atom stereocenters. The highest BCUT2D eigenvalue weighted by atomic mass is 32.1. The Morgan fingerprint density at radius 1 is 1.32 bits per heavy atom. The van der Waals surface area contributed by atoms with Crippen molar-refractivity contribution in [2.24, 2.45) is 7.05 Å². The second-order valence-corrected chi connectivity index (χ2v) is 4.98. The first-order valence-electron chi connectivity index (χ1n) is 5.91. The number of fused-ring (bicyclic) bond motifs is 1. The van der Waals surface area contributed by atoms with E-state index in [9.17, 15) is 0 Å². The predicted molar refractivity (Wildman–Crippen MR) is 77.5 cm³/mol. The smallest absolute Gasteiger partial charge is 0.225 e. The molecule has 7 heteroatoms. The summed E-state index contributed by atoms with van der Waals surface area (Å²) in [4.78, 5) is 9.86. The molecule has 98 valence electrons. The second-order valence-electron chi connectivity index (χ2n) is 4.08. The van der Waals surface area contributed by atoms with E-state index in [1.54, 1.807) is 17.5 Å². The van der Waals surface area contributed by atoms with Gasteiger partial charge in [-0.25, -0.2) is 4.98 Å². The number of nitrogens with zero attached hydrogens (tertiary/aromatic N) is 4. The van der Waals surface area contributed by atoms with E-state index in [0.29, 0.717) is 12.5 Å². The van der Waals surface area contributed by atoms with Crippen LogP contribution < -0.4 is 10.6 Å². The van der Waals surface area contributed by atoms with Gasteiger partial charge >= 0.3 is 0 Å². The first-order valence-corrected chi connectivity index (χ1v) is 6.79. The minimum atomic E-state index is 0.627. The number of anilines is 2. The Kier molecular flexibility index (Phi) is 3.04. The predicted octanol–water partition coefficient (Wildman–Crippen LogP) is 2.08. The monoisotopic (exact) mass is 274 g/mol. The zero-order valence-corrected chi connectivity index (χ0v) is 11.5. The molecule has 0 aliphatic heterocycles. The Bertz CT molecular complexity index is 701. The SMILES string of the molecule is CNc1nc(NCc2ccnn2C)c2ccsc2n1. The molecule has 0 fully saturated rings. The second kappa shape index (κ2) is 4.85. The molecule has 0 saturated carbocycles. The molecule has 3 heterocycles. The van der Waals surface area contributed by atoms with E-state index in [1.807, 2.05) is 36.3 Å². The van der Waals surface area contributed by atoms with E-state index < -0.39 is 0 Å². The van der Waals surface area contributed by atoms with Gasteiger partial charge in [0.2, 0.25) is 5.95 Å². The molecule has 0 bridgehead atoms. The number of aryl methyl sites for hydroxylation is 1. The normalized spacial score (nSPS) is 10.8. The van der Waals surface area contributed by atoms with Crippen molar-refractivity contribution in [2.75, 3.05) is 17.7 Å². The van der Waals surface area contributed by atoms with Gasteiger partial charge in [-0.1, -0.05) is 0 Å². The third kappa shape index (κ3) is 2.24. The number of rotatable bonds is 4. The van der Waals surface area contributed by atoms with E-state index in [1.165, 1.54) is 0 Å². The maximum absolute atomic E-state index is 4.46. The molecule has 0 aliphatic rings. The third-order valence-electron chi connectivity index (χ3n) is 2.91. The highest BCUT2D eigenvalue weighted by Gasteiger charge is 2.08. The molecular formula is C12H14N6S. The summed E-state index contributed by atoms with van der Waals surface area (Å²) in [5.41, 5.74) is 1.10. The number of thiophene rings is 1. The van der Waals surface area contributed by atoms with E-state index in [4.69, 9.17) is 0 Å². The molecule has 3 rings (SSSR count). The van der Waals surface area contributed by atoms with Gasteiger partial charge in [0.05, 0.1) is 17.6 Å². The van der Waals surface area contributed by atoms with Gasteiger partial charge in [-0.2, -0.15) is 10.1 Å². The summed E-state index contributed by atoms with van der Waals surface area (Å²) in [6.45, 7) is 0.682. The molecule has 0 amide bonds. The minimum absolute atomic E-state index is 0.627. The van der Waals surface area contributed by atoms with Crippen LogP contribution in [0.2, 0.25) is 0 Å². The molecule has 2 N–H and O–H groups in total. The van der Waals surface area contributed by atoms with Crippen LogP contribution in [0.3, 0.4) is 0 Å². The minimum Gasteiger partial charge on any atom is -0.364 e. The van der Waals surface area contributed by atoms with Gasteiger partial charge in [-0.3, -0.25) is 4.68 Å². The zero-order valence-electron chi connectivity index (χ0n) is 10.7. The van der Waals surface area contributed by atoms with Crippen LogP contribution in [0.1, 0.15) is 5.69 Å². The average molecular weight is 274 g/mol. The van der Waals surface area contributed by atoms with E-state index >= 15 is 0 Å². The van der Waals surface area contributed by atoms with Crippen LogP contribution in [0.4, 0.5) is 11.8 Å². The molecule has 0 radical (unpaired) electrons. The fourth-order valence-electron chi connectivity index (χ4n) is 1.85. The molecule has 0 spiro atoms. The van der Waals surface area contributed by atoms with Crippen LogP contribution in [0.15, 0.2) is 23.7 Å². The van der Waals surface area contributed by atoms with Crippen LogP contribution >= 0.6 is 11.3 Å². The van der Waals surface area contributed by atoms with E-state index in [2.05, 4.69) is 25.7 Å². The number of aromatic nitrogens is 4. The van der Waals surface area contributed by atoms with Crippen LogP contribution in [-0.4, -0.2) is 26.8 Å². The molecule has 0 aliphatic carbocycles. The van der Waals surface area contributed by atoms with Gasteiger partial charge in [0.25, 0.3) is 0 Å². The molecule has 0 saturated heterocycles. The Labute approximate surface area is 114 Å². The Morgan fingerprint density at radius 2 is 2.21 bits per heavy atom. The first-order chi connectivity index (χ1) is 9.28. The van der Waals surface area contributed by atoms with Crippen molar-refractivity contribution < 1.29 is 0 Å². The summed E-state index contributed by atoms with van der Waals surface area (Å²) in [5, 5.41) is 13.5. The van der Waals surface area contributed by atoms with E-state index in [-0.39, 0.29) is 0 Å². The summed E-state index contributed by atoms with van der Waals surface area (Å²) in [6, 6.07) is 4.02. The van der Waals surface area contributed by atoms with Crippen molar-refractivity contribution in [3.63, 3.8) is 0 Å². The maximum Gasteiger partial charge on any atom is 0.225 e. The molecule has 3 aromatic heterocycles. The van der Waals surface area contributed by atoms with Crippen molar-refractivity contribution in [1.29, 1.82) is 0 Å². The van der Waals surface area contributed by atoms with Crippen LogP contribution in [0.5, 0.6) is 0 Å². The van der Waals surface area contributed by atoms with Gasteiger partial charge < -0.3 is 10.6 Å². The van der Waals surface area contributed by atoms with Gasteiger partial charge in [0.15, 0.2) is 0 Å². The Morgan fingerprint density at radius 3 is 2.95 bits per heavy atom. The average Bonchev–Trinajstić information content (AvgIpc) is 3.04. The Balaban J connectivity index is 1.91. The number of hydrogen-bond donors (Lipinski definition) is 2. The lowest BCUT2D eigenvalue weighted by Crippen LogP contribution is -2.08. The van der Waals surface area contributed by atoms with Gasteiger partial charge in [0.1, 0.15) is 10.6 Å². The van der Waals surface area contributed by atoms with Crippen molar-refractivity contribution in [1.82, 2.24) is 19.7 Å². The molecule has 19 heavy (non-hydrogen) atoms. The summed E-state index contributed by atoms with van der Waals surface area (Å²) < 4.78 is 1.85. The molecule has 0 aromatic carbocycles. The molecule has 6 nitrogen and oxygen atoms in total. The van der Waals surface area contributed by atoms with Crippen LogP contribution in [-0.2, 0) is 13.6 Å². The van der Waals surface area contributed by atoms with Gasteiger partial charge in [-0.15, -0.1) is 11.3 Å². The lowest BCUT2D eigenvalue weighted by Gasteiger charge is -2.08. The van der Waals surface area contributed by atoms with E-state index in [0.717, 1.165) is 21.7 Å². The van der Waals surface area contributed by atoms with Crippen molar-refractivity contribution in [2.45, 2.75) is 6.54 Å². The van der Waals surface area contributed by atoms with Gasteiger partial charge in [0, 0.05) is 20.3 Å². The lowest BCUT2D eigenvalue weighted by molar-refractivity contribution is 0.720. The number of nitrogens with one attached hydrogen (secondary N) is 2. The number of hydrogen-bond acceptors (Lipinski definition) is 6. The summed E-state index contributed by atoms with van der Waals surface area (Å²) >= 11 is 1.61.